The van der Waals surface area contributed by atoms with Crippen molar-refractivity contribution in [2.45, 2.75) is 0 Å². The number of hydrogen-bond donors (Lipinski definition) is 0. The van der Waals surface area contributed by atoms with Crippen LogP contribution in [0.1, 0.15) is 0 Å². The van der Waals surface area contributed by atoms with E-state index in [1.165, 1.54) is 11.3 Å². The van der Waals surface area contributed by atoms with Gasteiger partial charge < -0.3 is 0 Å². The molecule has 0 N–H and O–H groups in total. The molecule has 1 aromatic carbocycles. The van der Waals surface area contributed by atoms with Crippen molar-refractivity contribution in [2.75, 3.05) is 0 Å². The van der Waals surface area contributed by atoms with E-state index in [9.17, 15) is 0 Å². The molecule has 0 saturated heterocycles. The fraction of sp³-hybridized carbons (Fsp3) is 0. The largest absolute Gasteiger partial charge is 0.140 e. The predicted molar refractivity (Wildman–Crippen MR) is 84.8 cm³/mol. The van der Waals surface area contributed by atoms with Crippen molar-refractivity contribution >= 4 is 92.5 Å². The van der Waals surface area contributed by atoms with Gasteiger partial charge in [0.15, 0.2) is 0 Å². The standard InChI is InChI=1S/C10HCl7S/c11-2-1-18-10(4(2)12)3-5(13)7(15)9(17)8(16)6(3)14/h1H. The van der Waals surface area contributed by atoms with Crippen molar-refractivity contribution in [3.8, 4) is 10.4 Å². The van der Waals surface area contributed by atoms with Crippen LogP contribution in [-0.2, 0) is 0 Å². The Bertz CT molecular complexity index is 603. The van der Waals surface area contributed by atoms with Gasteiger partial charge in [0.2, 0.25) is 0 Å². The Balaban J connectivity index is 2.84. The van der Waals surface area contributed by atoms with Gasteiger partial charge in [0.05, 0.1) is 40.0 Å². The summed E-state index contributed by atoms with van der Waals surface area (Å²) >= 11 is 43.4. The third kappa shape index (κ3) is 2.45. The minimum atomic E-state index is 0.107. The average molecular weight is 401 g/mol. The highest BCUT2D eigenvalue weighted by molar-refractivity contribution is 7.15. The summed E-state index contributed by atoms with van der Waals surface area (Å²) in [5.74, 6) is 0. The van der Waals surface area contributed by atoms with Gasteiger partial charge in [-0.2, -0.15) is 0 Å². The molecule has 0 unspecified atom stereocenters. The van der Waals surface area contributed by atoms with Crippen LogP contribution < -0.4 is 0 Å². The summed E-state index contributed by atoms with van der Waals surface area (Å²) in [5.41, 5.74) is 0.430. The summed E-state index contributed by atoms with van der Waals surface area (Å²) in [6, 6.07) is 0. The van der Waals surface area contributed by atoms with Crippen LogP contribution >= 0.6 is 92.5 Å². The second kappa shape index (κ2) is 5.75. The predicted octanol–water partition coefficient (Wildman–Crippen LogP) is 7.99. The third-order valence-electron chi connectivity index (χ3n) is 2.13. The number of rotatable bonds is 1. The van der Waals surface area contributed by atoms with Crippen LogP contribution in [-0.4, -0.2) is 0 Å². The van der Waals surface area contributed by atoms with Gasteiger partial charge in [-0.15, -0.1) is 11.3 Å². The Morgan fingerprint density at radius 2 is 1.06 bits per heavy atom. The molecule has 0 fully saturated rings. The van der Waals surface area contributed by atoms with E-state index in [0.29, 0.717) is 20.5 Å². The highest BCUT2D eigenvalue weighted by Gasteiger charge is 2.23. The number of halogens is 7. The molecule has 0 atom stereocenters. The molecule has 18 heavy (non-hydrogen) atoms. The third-order valence-corrected chi connectivity index (χ3v) is 6.43. The monoisotopic (exact) mass is 398 g/mol. The molecule has 0 spiro atoms. The lowest BCUT2D eigenvalue weighted by Gasteiger charge is -2.11. The van der Waals surface area contributed by atoms with Gasteiger partial charge in [-0.25, -0.2) is 0 Å². The summed E-state index contributed by atoms with van der Waals surface area (Å²) in [6.45, 7) is 0. The average Bonchev–Trinajstić information content (AvgIpc) is 2.66. The van der Waals surface area contributed by atoms with Gasteiger partial charge in [-0.1, -0.05) is 81.2 Å². The van der Waals surface area contributed by atoms with E-state index in [0.717, 1.165) is 0 Å². The van der Waals surface area contributed by atoms with Crippen molar-refractivity contribution in [1.29, 1.82) is 0 Å². The van der Waals surface area contributed by atoms with Gasteiger partial charge in [0, 0.05) is 10.9 Å². The first-order valence-corrected chi connectivity index (χ1v) is 7.83. The number of benzene rings is 1. The Hall–Kier alpha value is 0.950. The van der Waals surface area contributed by atoms with Gasteiger partial charge in [0.25, 0.3) is 0 Å². The molecule has 2 aromatic rings. The molecule has 0 nitrogen and oxygen atoms in total. The Morgan fingerprint density at radius 3 is 1.44 bits per heavy atom. The zero-order valence-corrected chi connectivity index (χ0v) is 14.2. The van der Waals surface area contributed by atoms with Crippen LogP contribution in [0.15, 0.2) is 5.38 Å². The summed E-state index contributed by atoms with van der Waals surface area (Å²) in [7, 11) is 0. The molecule has 1 aromatic heterocycles. The lowest BCUT2D eigenvalue weighted by molar-refractivity contribution is 1.68. The fourth-order valence-corrected chi connectivity index (χ4v) is 4.24. The van der Waals surface area contributed by atoms with E-state index in [4.69, 9.17) is 81.2 Å². The second-order valence-electron chi connectivity index (χ2n) is 3.17. The SMILES string of the molecule is Clc1csc(-c2c(Cl)c(Cl)c(Cl)c(Cl)c2Cl)c1Cl. The van der Waals surface area contributed by atoms with Crippen LogP contribution in [0.5, 0.6) is 0 Å². The molecule has 0 saturated carbocycles. The minimum absolute atomic E-state index is 0.107. The van der Waals surface area contributed by atoms with E-state index in [1.54, 1.807) is 5.38 Å². The van der Waals surface area contributed by atoms with Crippen molar-refractivity contribution in [3.05, 3.63) is 40.5 Å². The van der Waals surface area contributed by atoms with Gasteiger partial charge >= 0.3 is 0 Å². The molecular weight excluding hydrogens is 400 g/mol. The molecule has 0 aliphatic rings. The van der Waals surface area contributed by atoms with Crippen LogP contribution in [0.3, 0.4) is 0 Å². The van der Waals surface area contributed by atoms with Crippen molar-refractivity contribution in [2.24, 2.45) is 0 Å². The van der Waals surface area contributed by atoms with E-state index in [2.05, 4.69) is 0 Å². The molecule has 2 rings (SSSR count). The lowest BCUT2D eigenvalue weighted by atomic mass is 10.2. The first kappa shape index (κ1) is 15.3. The van der Waals surface area contributed by atoms with E-state index < -0.39 is 0 Å². The zero-order valence-electron chi connectivity index (χ0n) is 8.13. The van der Waals surface area contributed by atoms with Gasteiger partial charge in [-0.05, 0) is 0 Å². The van der Waals surface area contributed by atoms with Crippen LogP contribution in [0.25, 0.3) is 10.4 Å². The lowest BCUT2D eigenvalue weighted by Crippen LogP contribution is -1.85. The molecule has 0 aliphatic heterocycles. The Morgan fingerprint density at radius 1 is 0.611 bits per heavy atom. The normalized spacial score (nSPS) is 11.1. The number of hydrogen-bond acceptors (Lipinski definition) is 1. The van der Waals surface area contributed by atoms with Gasteiger partial charge in [-0.3, -0.25) is 0 Å². The summed E-state index contributed by atoms with van der Waals surface area (Å²) in [5, 5.41) is 3.17. The second-order valence-corrected chi connectivity index (χ2v) is 6.73. The van der Waals surface area contributed by atoms with Crippen LogP contribution in [0.2, 0.25) is 35.2 Å². The first-order valence-electron chi connectivity index (χ1n) is 4.30. The quantitative estimate of drug-likeness (QED) is 0.336. The van der Waals surface area contributed by atoms with Crippen LogP contribution in [0.4, 0.5) is 0 Å². The van der Waals surface area contributed by atoms with Crippen molar-refractivity contribution in [3.63, 3.8) is 0 Å². The molecule has 0 amide bonds. The van der Waals surface area contributed by atoms with Crippen LogP contribution in [0, 0.1) is 0 Å². The molecule has 0 radical (unpaired) electrons. The minimum Gasteiger partial charge on any atom is -0.140 e. The maximum Gasteiger partial charge on any atom is 0.0809 e. The molecular formula is C10HCl7S. The summed E-state index contributed by atoms with van der Waals surface area (Å²) < 4.78 is 0. The molecule has 1 heterocycles. The smallest absolute Gasteiger partial charge is 0.0809 e. The molecule has 0 bridgehead atoms. The summed E-state index contributed by atoms with van der Waals surface area (Å²) in [4.78, 5) is 0.595. The van der Waals surface area contributed by atoms with E-state index in [-0.39, 0.29) is 25.1 Å². The first-order chi connectivity index (χ1) is 8.36. The van der Waals surface area contributed by atoms with Gasteiger partial charge in [0.1, 0.15) is 0 Å². The van der Waals surface area contributed by atoms with E-state index >= 15 is 0 Å². The topological polar surface area (TPSA) is 0 Å². The molecule has 96 valence electrons. The zero-order chi connectivity index (χ0) is 13.6. The molecule has 8 heteroatoms. The Kier molecular flexibility index (Phi) is 4.90. The highest BCUT2D eigenvalue weighted by atomic mass is 35.5. The summed E-state index contributed by atoms with van der Waals surface area (Å²) in [6.07, 6.45) is 0. The maximum atomic E-state index is 6.14. The Labute approximate surface area is 142 Å². The molecule has 0 aliphatic carbocycles. The maximum absolute atomic E-state index is 6.14. The van der Waals surface area contributed by atoms with E-state index in [1.807, 2.05) is 0 Å². The fourth-order valence-electron chi connectivity index (χ4n) is 1.30. The van der Waals surface area contributed by atoms with Crippen molar-refractivity contribution in [1.82, 2.24) is 0 Å². The highest BCUT2D eigenvalue weighted by Crippen LogP contribution is 2.52. The van der Waals surface area contributed by atoms with Crippen molar-refractivity contribution < 1.29 is 0 Å². The number of thiophene rings is 1.